The topological polar surface area (TPSA) is 63.9 Å². The van der Waals surface area contributed by atoms with Gasteiger partial charge in [-0.1, -0.05) is 55.1 Å². The van der Waals surface area contributed by atoms with Gasteiger partial charge in [0.1, 0.15) is 5.52 Å². The molecule has 0 unspecified atom stereocenters. The SMILES string of the molecule is CCCn1c2ccccc2c2nnc(SCC(=O)N(CC)c3ccccc3)nc21. The lowest BCUT2D eigenvalue weighted by Gasteiger charge is -2.20. The fourth-order valence-electron chi connectivity index (χ4n) is 3.52. The highest BCUT2D eigenvalue weighted by molar-refractivity contribution is 7.99. The molecule has 148 valence electrons. The van der Waals surface area contributed by atoms with E-state index in [1.165, 1.54) is 11.8 Å². The number of carbonyl (C=O) groups excluding carboxylic acids is 1. The van der Waals surface area contributed by atoms with Crippen LogP contribution >= 0.6 is 11.8 Å². The number of anilines is 1. The van der Waals surface area contributed by atoms with Crippen molar-refractivity contribution in [2.24, 2.45) is 0 Å². The van der Waals surface area contributed by atoms with E-state index in [4.69, 9.17) is 4.98 Å². The molecule has 0 aliphatic rings. The van der Waals surface area contributed by atoms with Crippen LogP contribution in [0.4, 0.5) is 5.69 Å². The van der Waals surface area contributed by atoms with Crippen LogP contribution in [0.3, 0.4) is 0 Å². The van der Waals surface area contributed by atoms with Gasteiger partial charge in [-0.05, 0) is 31.5 Å². The van der Waals surface area contributed by atoms with Crippen molar-refractivity contribution in [3.05, 3.63) is 54.6 Å². The van der Waals surface area contributed by atoms with Crippen molar-refractivity contribution < 1.29 is 4.79 Å². The molecule has 1 amide bonds. The zero-order chi connectivity index (χ0) is 20.2. The van der Waals surface area contributed by atoms with Gasteiger partial charge in [-0.2, -0.15) is 0 Å². The largest absolute Gasteiger partial charge is 0.324 e. The summed E-state index contributed by atoms with van der Waals surface area (Å²) < 4.78 is 2.19. The number of nitrogens with zero attached hydrogens (tertiary/aromatic N) is 5. The number of aromatic nitrogens is 4. The minimum Gasteiger partial charge on any atom is -0.324 e. The second kappa shape index (κ2) is 8.61. The third-order valence-electron chi connectivity index (χ3n) is 4.81. The summed E-state index contributed by atoms with van der Waals surface area (Å²) in [6.07, 6.45) is 1.00. The zero-order valence-electron chi connectivity index (χ0n) is 16.6. The number of aryl methyl sites for hydroxylation is 1. The van der Waals surface area contributed by atoms with Gasteiger partial charge in [0, 0.05) is 24.2 Å². The van der Waals surface area contributed by atoms with Gasteiger partial charge in [0.25, 0.3) is 0 Å². The first-order valence-electron chi connectivity index (χ1n) is 9.82. The van der Waals surface area contributed by atoms with Crippen molar-refractivity contribution in [1.29, 1.82) is 0 Å². The van der Waals surface area contributed by atoms with Crippen LogP contribution in [0.15, 0.2) is 59.8 Å². The van der Waals surface area contributed by atoms with Crippen LogP contribution in [0.25, 0.3) is 22.1 Å². The Hall–Kier alpha value is -2.93. The minimum absolute atomic E-state index is 0.0292. The van der Waals surface area contributed by atoms with Crippen molar-refractivity contribution in [1.82, 2.24) is 19.7 Å². The van der Waals surface area contributed by atoms with E-state index in [1.807, 2.05) is 49.4 Å². The second-order valence-corrected chi connectivity index (χ2v) is 7.64. The lowest BCUT2D eigenvalue weighted by Crippen LogP contribution is -2.32. The zero-order valence-corrected chi connectivity index (χ0v) is 17.4. The molecule has 0 N–H and O–H groups in total. The number of para-hydroxylation sites is 2. The van der Waals surface area contributed by atoms with E-state index in [2.05, 4.69) is 33.8 Å². The molecule has 0 aliphatic carbocycles. The highest BCUT2D eigenvalue weighted by Crippen LogP contribution is 2.27. The van der Waals surface area contributed by atoms with E-state index >= 15 is 0 Å². The molecule has 0 fully saturated rings. The maximum Gasteiger partial charge on any atom is 0.237 e. The first-order chi connectivity index (χ1) is 14.2. The Morgan fingerprint density at radius 2 is 1.79 bits per heavy atom. The molecule has 2 heterocycles. The van der Waals surface area contributed by atoms with E-state index in [9.17, 15) is 4.79 Å². The Morgan fingerprint density at radius 1 is 1.03 bits per heavy atom. The number of fused-ring (bicyclic) bond motifs is 3. The molecule has 4 aromatic rings. The monoisotopic (exact) mass is 405 g/mol. The van der Waals surface area contributed by atoms with Gasteiger partial charge < -0.3 is 9.47 Å². The molecule has 0 radical (unpaired) electrons. The van der Waals surface area contributed by atoms with Crippen LogP contribution in [0, 0.1) is 0 Å². The van der Waals surface area contributed by atoms with Crippen LogP contribution in [-0.4, -0.2) is 38.0 Å². The Labute approximate surface area is 173 Å². The molecular weight excluding hydrogens is 382 g/mol. The van der Waals surface area contributed by atoms with Gasteiger partial charge in [-0.15, -0.1) is 10.2 Å². The molecule has 0 saturated carbocycles. The molecule has 7 heteroatoms. The number of carbonyl (C=O) groups is 1. The van der Waals surface area contributed by atoms with E-state index in [0.29, 0.717) is 11.7 Å². The fourth-order valence-corrected chi connectivity index (χ4v) is 4.17. The average molecular weight is 406 g/mol. The summed E-state index contributed by atoms with van der Waals surface area (Å²) >= 11 is 1.33. The smallest absolute Gasteiger partial charge is 0.237 e. The molecule has 0 bridgehead atoms. The van der Waals surface area contributed by atoms with E-state index in [0.717, 1.165) is 40.7 Å². The summed E-state index contributed by atoms with van der Waals surface area (Å²) in [5.74, 6) is 0.297. The molecular formula is C22H23N5OS. The number of thioether (sulfide) groups is 1. The van der Waals surface area contributed by atoms with Crippen molar-refractivity contribution in [3.63, 3.8) is 0 Å². The normalized spacial score (nSPS) is 11.2. The summed E-state index contributed by atoms with van der Waals surface area (Å²) in [7, 11) is 0. The summed E-state index contributed by atoms with van der Waals surface area (Å²) in [5.41, 5.74) is 3.65. The quantitative estimate of drug-likeness (QED) is 0.423. The number of benzene rings is 2. The first-order valence-corrected chi connectivity index (χ1v) is 10.8. The molecule has 4 rings (SSSR count). The lowest BCUT2D eigenvalue weighted by molar-refractivity contribution is -0.116. The van der Waals surface area contributed by atoms with Crippen molar-refractivity contribution in [3.8, 4) is 0 Å². The summed E-state index contributed by atoms with van der Waals surface area (Å²) in [4.78, 5) is 19.3. The molecule has 6 nitrogen and oxygen atoms in total. The first kappa shape index (κ1) is 19.4. The molecule has 2 aromatic carbocycles. The van der Waals surface area contributed by atoms with Crippen molar-refractivity contribution in [2.75, 3.05) is 17.2 Å². The number of hydrogen-bond acceptors (Lipinski definition) is 5. The molecule has 0 spiro atoms. The molecule has 2 aromatic heterocycles. The van der Waals surface area contributed by atoms with Crippen LogP contribution in [0.1, 0.15) is 20.3 Å². The summed E-state index contributed by atoms with van der Waals surface area (Å²) in [5, 5.41) is 10.3. The van der Waals surface area contributed by atoms with Gasteiger partial charge in [-0.25, -0.2) is 4.98 Å². The third kappa shape index (κ3) is 3.82. The van der Waals surface area contributed by atoms with E-state index in [-0.39, 0.29) is 11.7 Å². The third-order valence-corrected chi connectivity index (χ3v) is 5.63. The fraction of sp³-hybridized carbons (Fsp3) is 0.273. The Kier molecular flexibility index (Phi) is 5.76. The van der Waals surface area contributed by atoms with Crippen molar-refractivity contribution >= 4 is 45.4 Å². The summed E-state index contributed by atoms with van der Waals surface area (Å²) in [6.45, 7) is 5.60. The number of rotatable bonds is 7. The van der Waals surface area contributed by atoms with Crippen LogP contribution < -0.4 is 4.90 Å². The predicted octanol–water partition coefficient (Wildman–Crippen LogP) is 4.53. The average Bonchev–Trinajstić information content (AvgIpc) is 3.07. The highest BCUT2D eigenvalue weighted by atomic mass is 32.2. The number of amides is 1. The van der Waals surface area contributed by atoms with Gasteiger partial charge in [0.2, 0.25) is 11.1 Å². The van der Waals surface area contributed by atoms with Gasteiger partial charge in [0.15, 0.2) is 5.65 Å². The molecule has 0 saturated heterocycles. The standard InChI is InChI=1S/C22H23N5OS/c1-3-14-27-18-13-9-8-12-17(18)20-21(27)23-22(25-24-20)29-15-19(28)26(4-2)16-10-6-5-7-11-16/h5-13H,3-4,14-15H2,1-2H3. The molecule has 29 heavy (non-hydrogen) atoms. The van der Waals surface area contributed by atoms with Crippen LogP contribution in [0.5, 0.6) is 0 Å². The lowest BCUT2D eigenvalue weighted by atomic mass is 10.2. The number of hydrogen-bond donors (Lipinski definition) is 0. The van der Waals surface area contributed by atoms with Crippen LogP contribution in [0.2, 0.25) is 0 Å². The Balaban J connectivity index is 1.59. The van der Waals surface area contributed by atoms with Gasteiger partial charge >= 0.3 is 0 Å². The Bertz CT molecular complexity index is 1140. The van der Waals surface area contributed by atoms with Crippen molar-refractivity contribution in [2.45, 2.75) is 32.0 Å². The maximum absolute atomic E-state index is 12.7. The highest BCUT2D eigenvalue weighted by Gasteiger charge is 2.17. The molecule has 0 atom stereocenters. The minimum atomic E-state index is 0.0292. The second-order valence-electron chi connectivity index (χ2n) is 6.70. The van der Waals surface area contributed by atoms with Crippen LogP contribution in [-0.2, 0) is 11.3 Å². The van der Waals surface area contributed by atoms with E-state index < -0.39 is 0 Å². The van der Waals surface area contributed by atoms with Gasteiger partial charge in [-0.3, -0.25) is 4.79 Å². The van der Waals surface area contributed by atoms with Gasteiger partial charge in [0.05, 0.1) is 11.3 Å². The summed E-state index contributed by atoms with van der Waals surface area (Å²) in [6, 6.07) is 17.9. The maximum atomic E-state index is 12.7. The predicted molar refractivity (Wildman–Crippen MR) is 118 cm³/mol. The molecule has 0 aliphatic heterocycles. The Morgan fingerprint density at radius 3 is 2.55 bits per heavy atom. The van der Waals surface area contributed by atoms with E-state index in [1.54, 1.807) is 4.90 Å².